The zero-order valence-corrected chi connectivity index (χ0v) is 13.5. The van der Waals surface area contributed by atoms with Crippen molar-refractivity contribution < 1.29 is 14.7 Å². The lowest BCUT2D eigenvalue weighted by Gasteiger charge is -2.18. The molecule has 0 saturated carbocycles. The van der Waals surface area contributed by atoms with Gasteiger partial charge in [0.15, 0.2) is 0 Å². The van der Waals surface area contributed by atoms with Gasteiger partial charge in [-0.15, -0.1) is 11.3 Å². The predicted octanol–water partition coefficient (Wildman–Crippen LogP) is 2.96. The Morgan fingerprint density at radius 1 is 1.32 bits per heavy atom. The molecule has 6 heteroatoms. The minimum atomic E-state index is -1.03. The lowest BCUT2D eigenvalue weighted by atomic mass is 10.0. The minimum absolute atomic E-state index is 0.189. The first-order valence-corrected chi connectivity index (χ1v) is 7.82. The van der Waals surface area contributed by atoms with Gasteiger partial charge in [0, 0.05) is 22.2 Å². The van der Waals surface area contributed by atoms with Crippen LogP contribution in [-0.2, 0) is 4.79 Å². The number of nitrogens with one attached hydrogen (secondary N) is 1. The molecule has 0 saturated heterocycles. The molecule has 0 spiro atoms. The SMILES string of the molecule is Cc1csc(-c2cccc(C(=O)N[C@H](C(=O)O)C(C)C)c2)n1. The molecule has 22 heavy (non-hydrogen) atoms. The van der Waals surface area contributed by atoms with E-state index in [1.807, 2.05) is 18.4 Å². The number of aliphatic carboxylic acids is 1. The van der Waals surface area contributed by atoms with Crippen LogP contribution in [0.4, 0.5) is 0 Å². The molecule has 1 aromatic heterocycles. The van der Waals surface area contributed by atoms with Crippen LogP contribution < -0.4 is 5.32 Å². The Morgan fingerprint density at radius 3 is 2.59 bits per heavy atom. The number of benzene rings is 1. The van der Waals surface area contributed by atoms with Crippen molar-refractivity contribution >= 4 is 23.2 Å². The number of aromatic nitrogens is 1. The van der Waals surface area contributed by atoms with Gasteiger partial charge in [0.25, 0.3) is 5.91 Å². The number of carbonyl (C=O) groups is 2. The lowest BCUT2D eigenvalue weighted by Crippen LogP contribution is -2.44. The van der Waals surface area contributed by atoms with E-state index < -0.39 is 17.9 Å². The van der Waals surface area contributed by atoms with E-state index in [1.54, 1.807) is 32.0 Å². The van der Waals surface area contributed by atoms with Crippen molar-refractivity contribution in [1.29, 1.82) is 0 Å². The molecule has 0 radical (unpaired) electrons. The maximum atomic E-state index is 12.3. The van der Waals surface area contributed by atoms with Gasteiger partial charge in [0.2, 0.25) is 0 Å². The number of carbonyl (C=O) groups excluding carboxylic acids is 1. The minimum Gasteiger partial charge on any atom is -0.480 e. The summed E-state index contributed by atoms with van der Waals surface area (Å²) < 4.78 is 0. The van der Waals surface area contributed by atoms with Gasteiger partial charge >= 0.3 is 5.97 Å². The molecule has 1 atom stereocenters. The van der Waals surface area contributed by atoms with E-state index in [-0.39, 0.29) is 5.92 Å². The van der Waals surface area contributed by atoms with Gasteiger partial charge in [-0.05, 0) is 25.0 Å². The largest absolute Gasteiger partial charge is 0.480 e. The first-order chi connectivity index (χ1) is 10.4. The molecule has 0 aliphatic rings. The number of nitrogens with zero attached hydrogens (tertiary/aromatic N) is 1. The van der Waals surface area contributed by atoms with Crippen LogP contribution in [0.3, 0.4) is 0 Å². The quantitative estimate of drug-likeness (QED) is 0.888. The lowest BCUT2D eigenvalue weighted by molar-refractivity contribution is -0.140. The maximum Gasteiger partial charge on any atom is 0.326 e. The number of thiazole rings is 1. The van der Waals surface area contributed by atoms with Crippen molar-refractivity contribution in [1.82, 2.24) is 10.3 Å². The Hall–Kier alpha value is -2.21. The summed E-state index contributed by atoms with van der Waals surface area (Å²) in [6, 6.07) is 6.14. The third kappa shape index (κ3) is 3.71. The summed E-state index contributed by atoms with van der Waals surface area (Å²) in [7, 11) is 0. The van der Waals surface area contributed by atoms with Gasteiger partial charge < -0.3 is 10.4 Å². The number of hydrogen-bond acceptors (Lipinski definition) is 4. The second-order valence-corrected chi connectivity index (χ2v) is 6.27. The van der Waals surface area contributed by atoms with E-state index >= 15 is 0 Å². The van der Waals surface area contributed by atoms with E-state index in [0.717, 1.165) is 16.3 Å². The molecule has 1 amide bonds. The van der Waals surface area contributed by atoms with Crippen LogP contribution in [-0.4, -0.2) is 28.0 Å². The van der Waals surface area contributed by atoms with E-state index in [4.69, 9.17) is 5.11 Å². The number of carboxylic acid groups (broad SMARTS) is 1. The van der Waals surface area contributed by atoms with E-state index in [0.29, 0.717) is 5.56 Å². The highest BCUT2D eigenvalue weighted by Gasteiger charge is 2.24. The molecular formula is C16H18N2O3S. The van der Waals surface area contributed by atoms with Gasteiger partial charge in [-0.1, -0.05) is 26.0 Å². The van der Waals surface area contributed by atoms with Crippen molar-refractivity contribution in [3.8, 4) is 10.6 Å². The molecule has 2 aromatic rings. The Kier molecular flexibility index (Phi) is 4.92. The molecule has 116 valence electrons. The Bertz CT molecular complexity index is 694. The fourth-order valence-corrected chi connectivity index (χ4v) is 2.81. The van der Waals surface area contributed by atoms with Crippen molar-refractivity contribution in [2.75, 3.05) is 0 Å². The summed E-state index contributed by atoms with van der Waals surface area (Å²) in [6.07, 6.45) is 0. The van der Waals surface area contributed by atoms with Crippen LogP contribution >= 0.6 is 11.3 Å². The standard InChI is InChI=1S/C16H18N2O3S/c1-9(2)13(16(20)21)18-14(19)11-5-4-6-12(7-11)15-17-10(3)8-22-15/h4-9,13H,1-3H3,(H,18,19)(H,20,21)/t13-/m0/s1. The van der Waals surface area contributed by atoms with Gasteiger partial charge in [0.05, 0.1) is 0 Å². The zero-order chi connectivity index (χ0) is 16.3. The smallest absolute Gasteiger partial charge is 0.326 e. The maximum absolute atomic E-state index is 12.3. The van der Waals surface area contributed by atoms with Crippen LogP contribution in [0.5, 0.6) is 0 Å². The second-order valence-electron chi connectivity index (χ2n) is 5.41. The van der Waals surface area contributed by atoms with Crippen molar-refractivity contribution in [3.63, 3.8) is 0 Å². The molecule has 0 bridgehead atoms. The van der Waals surface area contributed by atoms with Crippen LogP contribution in [0.1, 0.15) is 29.9 Å². The summed E-state index contributed by atoms with van der Waals surface area (Å²) in [5.74, 6) is -1.61. The van der Waals surface area contributed by atoms with Gasteiger partial charge in [-0.25, -0.2) is 9.78 Å². The van der Waals surface area contributed by atoms with Crippen molar-refractivity contribution in [3.05, 3.63) is 40.9 Å². The van der Waals surface area contributed by atoms with Crippen LogP contribution in [0.25, 0.3) is 10.6 Å². The number of aryl methyl sites for hydroxylation is 1. The number of hydrogen-bond donors (Lipinski definition) is 2. The van der Waals surface area contributed by atoms with E-state index in [2.05, 4.69) is 10.3 Å². The monoisotopic (exact) mass is 318 g/mol. The summed E-state index contributed by atoms with van der Waals surface area (Å²) in [5.41, 5.74) is 2.21. The molecule has 0 unspecified atom stereocenters. The summed E-state index contributed by atoms with van der Waals surface area (Å²) in [6.45, 7) is 5.43. The number of carboxylic acids is 1. The fourth-order valence-electron chi connectivity index (χ4n) is 2.02. The molecular weight excluding hydrogens is 300 g/mol. The van der Waals surface area contributed by atoms with Crippen LogP contribution in [0, 0.1) is 12.8 Å². The highest BCUT2D eigenvalue weighted by molar-refractivity contribution is 7.13. The average molecular weight is 318 g/mol. The Morgan fingerprint density at radius 2 is 2.05 bits per heavy atom. The van der Waals surface area contributed by atoms with E-state index in [1.165, 1.54) is 11.3 Å². The normalized spacial score (nSPS) is 12.2. The molecule has 0 aliphatic heterocycles. The number of rotatable bonds is 5. The highest BCUT2D eigenvalue weighted by Crippen LogP contribution is 2.24. The number of amides is 1. The summed E-state index contributed by atoms with van der Waals surface area (Å²) >= 11 is 1.51. The zero-order valence-electron chi connectivity index (χ0n) is 12.7. The highest BCUT2D eigenvalue weighted by atomic mass is 32.1. The first-order valence-electron chi connectivity index (χ1n) is 6.94. The summed E-state index contributed by atoms with van der Waals surface area (Å²) in [4.78, 5) is 27.8. The van der Waals surface area contributed by atoms with Crippen LogP contribution in [0.15, 0.2) is 29.6 Å². The second kappa shape index (κ2) is 6.70. The van der Waals surface area contributed by atoms with Gasteiger partial charge in [-0.3, -0.25) is 4.79 Å². The predicted molar refractivity (Wildman–Crippen MR) is 86.0 cm³/mol. The molecule has 1 aromatic carbocycles. The third-order valence-electron chi connectivity index (χ3n) is 3.21. The van der Waals surface area contributed by atoms with Crippen LogP contribution in [0.2, 0.25) is 0 Å². The van der Waals surface area contributed by atoms with E-state index in [9.17, 15) is 9.59 Å². The Labute approximate surface area is 133 Å². The molecule has 0 aliphatic carbocycles. The molecule has 2 rings (SSSR count). The summed E-state index contributed by atoms with van der Waals surface area (Å²) in [5, 5.41) is 14.5. The molecule has 1 heterocycles. The third-order valence-corrected chi connectivity index (χ3v) is 4.22. The Balaban J connectivity index is 2.22. The molecule has 2 N–H and O–H groups in total. The van der Waals surface area contributed by atoms with Crippen molar-refractivity contribution in [2.24, 2.45) is 5.92 Å². The fraction of sp³-hybridized carbons (Fsp3) is 0.312. The van der Waals surface area contributed by atoms with Crippen molar-refractivity contribution in [2.45, 2.75) is 26.8 Å². The topological polar surface area (TPSA) is 79.3 Å². The molecule has 5 nitrogen and oxygen atoms in total. The van der Waals surface area contributed by atoms with Gasteiger partial charge in [-0.2, -0.15) is 0 Å². The first kappa shape index (κ1) is 16.2. The average Bonchev–Trinajstić information content (AvgIpc) is 2.90. The van der Waals surface area contributed by atoms with Gasteiger partial charge in [0.1, 0.15) is 11.0 Å². The molecule has 0 fully saturated rings.